The van der Waals surface area contributed by atoms with E-state index in [4.69, 9.17) is 9.72 Å². The molecule has 5 nitrogen and oxygen atoms in total. The predicted molar refractivity (Wildman–Crippen MR) is 137 cm³/mol. The summed E-state index contributed by atoms with van der Waals surface area (Å²) in [4.78, 5) is 18.8. The maximum absolute atomic E-state index is 13.8. The van der Waals surface area contributed by atoms with E-state index in [0.29, 0.717) is 17.9 Å². The van der Waals surface area contributed by atoms with Crippen molar-refractivity contribution >= 4 is 5.91 Å². The van der Waals surface area contributed by atoms with Gasteiger partial charge in [-0.3, -0.25) is 4.79 Å². The SMILES string of the molecule is CCC(NC(=O)c1c(-c2ccc(OC)c(C)c2)nc(-c2ccccc2)n1CC)c1ccccc1. The van der Waals surface area contributed by atoms with Gasteiger partial charge in [-0.2, -0.15) is 0 Å². The number of nitrogens with one attached hydrogen (secondary N) is 1. The predicted octanol–water partition coefficient (Wildman–Crippen LogP) is 6.44. The second kappa shape index (κ2) is 10.4. The van der Waals surface area contributed by atoms with Crippen LogP contribution in [0, 0.1) is 6.92 Å². The highest BCUT2D eigenvalue weighted by Crippen LogP contribution is 2.32. The normalized spacial score (nSPS) is 11.8. The second-order valence-electron chi connectivity index (χ2n) is 8.27. The van der Waals surface area contributed by atoms with Gasteiger partial charge >= 0.3 is 0 Å². The van der Waals surface area contributed by atoms with E-state index in [0.717, 1.165) is 40.2 Å². The van der Waals surface area contributed by atoms with Crippen LogP contribution in [0.25, 0.3) is 22.6 Å². The van der Waals surface area contributed by atoms with Gasteiger partial charge in [0.2, 0.25) is 0 Å². The largest absolute Gasteiger partial charge is 0.496 e. The number of nitrogens with zero attached hydrogens (tertiary/aromatic N) is 2. The highest BCUT2D eigenvalue weighted by molar-refractivity contribution is 6.00. The van der Waals surface area contributed by atoms with E-state index in [2.05, 4.69) is 24.4 Å². The van der Waals surface area contributed by atoms with E-state index in [1.165, 1.54) is 0 Å². The average Bonchev–Trinajstić information content (AvgIpc) is 3.28. The molecule has 1 aromatic heterocycles. The number of rotatable bonds is 8. The lowest BCUT2D eigenvalue weighted by Crippen LogP contribution is -2.30. The Hall–Kier alpha value is -3.86. The van der Waals surface area contributed by atoms with Crippen LogP contribution in [-0.4, -0.2) is 22.6 Å². The lowest BCUT2D eigenvalue weighted by atomic mass is 10.0. The first-order chi connectivity index (χ1) is 16.6. The van der Waals surface area contributed by atoms with Crippen LogP contribution >= 0.6 is 0 Å². The van der Waals surface area contributed by atoms with Crippen LogP contribution < -0.4 is 10.1 Å². The van der Waals surface area contributed by atoms with E-state index in [1.54, 1.807) is 7.11 Å². The summed E-state index contributed by atoms with van der Waals surface area (Å²) in [6.07, 6.45) is 0.790. The molecule has 1 atom stereocenters. The number of aromatic nitrogens is 2. The van der Waals surface area contributed by atoms with Crippen molar-refractivity contribution in [1.29, 1.82) is 0 Å². The van der Waals surface area contributed by atoms with Crippen LogP contribution in [0.5, 0.6) is 5.75 Å². The first-order valence-electron chi connectivity index (χ1n) is 11.7. The van der Waals surface area contributed by atoms with E-state index in [-0.39, 0.29) is 11.9 Å². The topological polar surface area (TPSA) is 56.1 Å². The van der Waals surface area contributed by atoms with Gasteiger partial charge in [0, 0.05) is 17.7 Å². The van der Waals surface area contributed by atoms with Crippen molar-refractivity contribution in [3.63, 3.8) is 0 Å². The fourth-order valence-corrected chi connectivity index (χ4v) is 4.36. The Labute approximate surface area is 201 Å². The number of aryl methyl sites for hydroxylation is 1. The van der Waals surface area contributed by atoms with Crippen molar-refractivity contribution in [3.05, 3.63) is 95.7 Å². The van der Waals surface area contributed by atoms with E-state index < -0.39 is 0 Å². The summed E-state index contributed by atoms with van der Waals surface area (Å²) < 4.78 is 7.46. The highest BCUT2D eigenvalue weighted by atomic mass is 16.5. The maximum atomic E-state index is 13.8. The van der Waals surface area contributed by atoms with E-state index in [1.807, 2.05) is 85.1 Å². The molecule has 1 N–H and O–H groups in total. The summed E-state index contributed by atoms with van der Waals surface area (Å²) in [6.45, 7) is 6.75. The van der Waals surface area contributed by atoms with Gasteiger partial charge in [-0.1, -0.05) is 67.6 Å². The van der Waals surface area contributed by atoms with Gasteiger partial charge in [-0.15, -0.1) is 0 Å². The molecule has 3 aromatic carbocycles. The van der Waals surface area contributed by atoms with Gasteiger partial charge in [0.05, 0.1) is 13.2 Å². The van der Waals surface area contributed by atoms with Gasteiger partial charge < -0.3 is 14.6 Å². The summed E-state index contributed by atoms with van der Waals surface area (Å²) in [6, 6.07) is 25.9. The fourth-order valence-electron chi connectivity index (χ4n) is 4.36. The third kappa shape index (κ3) is 4.60. The summed E-state index contributed by atoms with van der Waals surface area (Å²) in [5.41, 5.74) is 5.19. The number of carbonyl (C=O) groups excluding carboxylic acids is 1. The van der Waals surface area contributed by atoms with Crippen molar-refractivity contribution in [3.8, 4) is 28.4 Å². The molecular formula is C29H31N3O2. The van der Waals surface area contributed by atoms with Crippen molar-refractivity contribution in [2.75, 3.05) is 7.11 Å². The lowest BCUT2D eigenvalue weighted by Gasteiger charge is -2.19. The van der Waals surface area contributed by atoms with Crippen molar-refractivity contribution in [1.82, 2.24) is 14.9 Å². The van der Waals surface area contributed by atoms with Gasteiger partial charge in [0.15, 0.2) is 0 Å². The second-order valence-corrected chi connectivity index (χ2v) is 8.27. The molecule has 0 bridgehead atoms. The number of hydrogen-bond donors (Lipinski definition) is 1. The van der Waals surface area contributed by atoms with Crippen LogP contribution in [0.15, 0.2) is 78.9 Å². The molecule has 0 aliphatic rings. The number of benzene rings is 3. The number of methoxy groups -OCH3 is 1. The molecule has 0 saturated heterocycles. The molecule has 0 saturated carbocycles. The van der Waals surface area contributed by atoms with Crippen LogP contribution in [0.3, 0.4) is 0 Å². The summed E-state index contributed by atoms with van der Waals surface area (Å²) >= 11 is 0. The minimum absolute atomic E-state index is 0.0838. The minimum atomic E-state index is -0.129. The molecule has 174 valence electrons. The number of amides is 1. The molecular weight excluding hydrogens is 422 g/mol. The van der Waals surface area contributed by atoms with Crippen molar-refractivity contribution in [2.24, 2.45) is 0 Å². The quantitative estimate of drug-likeness (QED) is 0.334. The first-order valence-corrected chi connectivity index (χ1v) is 11.7. The van der Waals surface area contributed by atoms with E-state index >= 15 is 0 Å². The molecule has 0 aliphatic heterocycles. The Morgan fingerprint density at radius 3 is 2.24 bits per heavy atom. The molecule has 0 fully saturated rings. The van der Waals surface area contributed by atoms with Crippen LogP contribution in [0.4, 0.5) is 0 Å². The molecule has 0 aliphatic carbocycles. The highest BCUT2D eigenvalue weighted by Gasteiger charge is 2.26. The fraction of sp³-hybridized carbons (Fsp3) is 0.241. The molecule has 4 aromatic rings. The molecule has 1 heterocycles. The van der Waals surface area contributed by atoms with Gasteiger partial charge in [-0.05, 0) is 49.6 Å². The zero-order chi connectivity index (χ0) is 24.1. The third-order valence-corrected chi connectivity index (χ3v) is 6.11. The Kier molecular flexibility index (Phi) is 7.12. The van der Waals surface area contributed by atoms with Gasteiger partial charge in [0.1, 0.15) is 23.0 Å². The van der Waals surface area contributed by atoms with E-state index in [9.17, 15) is 4.79 Å². The number of hydrogen-bond acceptors (Lipinski definition) is 3. The molecule has 0 radical (unpaired) electrons. The molecule has 1 unspecified atom stereocenters. The molecule has 34 heavy (non-hydrogen) atoms. The zero-order valence-electron chi connectivity index (χ0n) is 20.2. The zero-order valence-corrected chi connectivity index (χ0v) is 20.2. The summed E-state index contributed by atoms with van der Waals surface area (Å²) in [5, 5.41) is 3.26. The number of imidazole rings is 1. The Morgan fingerprint density at radius 2 is 1.65 bits per heavy atom. The monoisotopic (exact) mass is 453 g/mol. The summed E-state index contributed by atoms with van der Waals surface area (Å²) in [5.74, 6) is 1.46. The van der Waals surface area contributed by atoms with Crippen molar-refractivity contribution < 1.29 is 9.53 Å². The average molecular weight is 454 g/mol. The lowest BCUT2D eigenvalue weighted by molar-refractivity contribution is 0.0927. The smallest absolute Gasteiger partial charge is 0.270 e. The van der Waals surface area contributed by atoms with Crippen molar-refractivity contribution in [2.45, 2.75) is 39.8 Å². The number of carbonyl (C=O) groups is 1. The Bertz CT molecular complexity index is 1260. The minimum Gasteiger partial charge on any atom is -0.496 e. The van der Waals surface area contributed by atoms with Crippen LogP contribution in [0.1, 0.15) is 47.9 Å². The van der Waals surface area contributed by atoms with Crippen LogP contribution in [-0.2, 0) is 6.54 Å². The standard InChI is InChI=1S/C29H31N3O2/c1-5-24(21-13-9-7-10-14-21)30-29(33)27-26(23-17-18-25(34-4)20(3)19-23)31-28(32(27)6-2)22-15-11-8-12-16-22/h7-19,24H,5-6H2,1-4H3,(H,30,33). The third-order valence-electron chi connectivity index (χ3n) is 6.11. The molecule has 1 amide bonds. The number of ether oxygens (including phenoxy) is 1. The maximum Gasteiger partial charge on any atom is 0.270 e. The molecule has 5 heteroatoms. The molecule has 4 rings (SSSR count). The van der Waals surface area contributed by atoms with Crippen LogP contribution in [0.2, 0.25) is 0 Å². The molecule has 0 spiro atoms. The van der Waals surface area contributed by atoms with Gasteiger partial charge in [0.25, 0.3) is 5.91 Å². The summed E-state index contributed by atoms with van der Waals surface area (Å²) in [7, 11) is 1.66. The Morgan fingerprint density at radius 1 is 0.971 bits per heavy atom. The Balaban J connectivity index is 1.84. The van der Waals surface area contributed by atoms with Gasteiger partial charge in [-0.25, -0.2) is 4.98 Å². The first kappa shape index (κ1) is 23.3.